The van der Waals surface area contributed by atoms with Gasteiger partial charge in [0, 0.05) is 18.5 Å². The van der Waals surface area contributed by atoms with Crippen LogP contribution in [0.5, 0.6) is 5.75 Å². The predicted octanol–water partition coefficient (Wildman–Crippen LogP) is 4.06. The second-order valence-electron chi connectivity index (χ2n) is 7.60. The fourth-order valence-electron chi connectivity index (χ4n) is 3.57. The molecule has 2 N–H and O–H groups in total. The highest BCUT2D eigenvalue weighted by molar-refractivity contribution is 6.00. The Kier molecular flexibility index (Phi) is 5.00. The number of nitrogens with zero attached hydrogens (tertiary/aromatic N) is 1. The van der Waals surface area contributed by atoms with E-state index >= 15 is 0 Å². The zero-order valence-electron chi connectivity index (χ0n) is 16.0. The van der Waals surface area contributed by atoms with Crippen LogP contribution in [-0.2, 0) is 11.2 Å². The maximum absolute atomic E-state index is 13.3. The van der Waals surface area contributed by atoms with Gasteiger partial charge < -0.3 is 19.5 Å². The molecule has 1 aromatic heterocycles. The summed E-state index contributed by atoms with van der Waals surface area (Å²) in [5, 5.41) is 20.5. The Hall–Kier alpha value is -2.76. The van der Waals surface area contributed by atoms with Gasteiger partial charge in [-0.25, -0.2) is 4.79 Å². The van der Waals surface area contributed by atoms with Crippen molar-refractivity contribution in [3.63, 3.8) is 0 Å². The Morgan fingerprint density at radius 2 is 1.89 bits per heavy atom. The fraction of sp³-hybridized carbons (Fsp3) is 0.429. The molecule has 1 aromatic carbocycles. The lowest BCUT2D eigenvalue weighted by Crippen LogP contribution is -2.43. The van der Waals surface area contributed by atoms with E-state index in [0.29, 0.717) is 23.3 Å². The van der Waals surface area contributed by atoms with Crippen LogP contribution in [0.15, 0.2) is 28.9 Å². The predicted molar refractivity (Wildman–Crippen MR) is 100 cm³/mol. The number of amides is 1. The quantitative estimate of drug-likeness (QED) is 0.846. The van der Waals surface area contributed by atoms with E-state index in [2.05, 4.69) is 0 Å². The second kappa shape index (κ2) is 7.10. The molecule has 0 radical (unpaired) electrons. The molecule has 2 heterocycles. The van der Waals surface area contributed by atoms with E-state index in [4.69, 9.17) is 4.42 Å². The third-order valence-electron chi connectivity index (χ3n) is 5.14. The molecule has 144 valence electrons. The monoisotopic (exact) mass is 371 g/mol. The minimum absolute atomic E-state index is 0.0346. The van der Waals surface area contributed by atoms with Crippen molar-refractivity contribution in [1.29, 1.82) is 0 Å². The summed E-state index contributed by atoms with van der Waals surface area (Å²) in [6.45, 7) is 8.16. The number of aliphatic carboxylic acids is 1. The number of phenols is 1. The largest absolute Gasteiger partial charge is 0.507 e. The molecule has 3 rings (SSSR count). The molecule has 2 aromatic rings. The van der Waals surface area contributed by atoms with Crippen LogP contribution in [0.25, 0.3) is 0 Å². The number of phenolic OH excluding ortho intramolecular Hbond substituents is 1. The van der Waals surface area contributed by atoms with E-state index in [1.54, 1.807) is 12.1 Å². The fourth-order valence-corrected chi connectivity index (χ4v) is 3.57. The van der Waals surface area contributed by atoms with Crippen molar-refractivity contribution in [1.82, 2.24) is 4.90 Å². The molecular weight excluding hydrogens is 346 g/mol. The van der Waals surface area contributed by atoms with E-state index in [0.717, 1.165) is 5.56 Å². The lowest BCUT2D eigenvalue weighted by atomic mass is 9.90. The molecule has 1 unspecified atom stereocenters. The highest BCUT2D eigenvalue weighted by atomic mass is 16.4. The summed E-state index contributed by atoms with van der Waals surface area (Å²) < 4.78 is 5.34. The molecule has 6 heteroatoms. The number of carbonyl (C=O) groups is 2. The van der Waals surface area contributed by atoms with Crippen molar-refractivity contribution in [2.45, 2.75) is 52.0 Å². The summed E-state index contributed by atoms with van der Waals surface area (Å²) in [7, 11) is 0. The lowest BCUT2D eigenvalue weighted by Gasteiger charge is -2.33. The van der Waals surface area contributed by atoms with E-state index in [9.17, 15) is 19.8 Å². The van der Waals surface area contributed by atoms with Crippen LogP contribution >= 0.6 is 0 Å². The number of carboxylic acid groups (broad SMARTS) is 1. The number of hydrogen-bond acceptors (Lipinski definition) is 4. The van der Waals surface area contributed by atoms with E-state index in [1.165, 1.54) is 11.2 Å². The Labute approximate surface area is 158 Å². The summed E-state index contributed by atoms with van der Waals surface area (Å²) in [6, 6.07) is 4.07. The van der Waals surface area contributed by atoms with Crippen molar-refractivity contribution in [3.8, 4) is 5.75 Å². The van der Waals surface area contributed by atoms with Gasteiger partial charge in [-0.2, -0.15) is 0 Å². The first-order chi connectivity index (χ1) is 12.7. The van der Waals surface area contributed by atoms with Gasteiger partial charge in [0.15, 0.2) is 6.04 Å². The molecule has 1 aliphatic heterocycles. The van der Waals surface area contributed by atoms with E-state index in [-0.39, 0.29) is 29.7 Å². The van der Waals surface area contributed by atoms with Crippen LogP contribution in [0.2, 0.25) is 0 Å². The molecule has 0 bridgehead atoms. The molecule has 1 atom stereocenters. The van der Waals surface area contributed by atoms with Gasteiger partial charge in [0.2, 0.25) is 0 Å². The number of carboxylic acids is 1. The van der Waals surface area contributed by atoms with Gasteiger partial charge in [-0.15, -0.1) is 0 Å². The first-order valence-electron chi connectivity index (χ1n) is 9.19. The maximum Gasteiger partial charge on any atom is 0.331 e. The van der Waals surface area contributed by atoms with Crippen LogP contribution in [0.3, 0.4) is 0 Å². The van der Waals surface area contributed by atoms with E-state index in [1.807, 2.05) is 33.8 Å². The number of furan rings is 1. The summed E-state index contributed by atoms with van der Waals surface area (Å²) in [4.78, 5) is 26.5. The van der Waals surface area contributed by atoms with Crippen molar-refractivity contribution in [3.05, 3.63) is 52.5 Å². The van der Waals surface area contributed by atoms with Gasteiger partial charge in [0.25, 0.3) is 5.91 Å². The minimum Gasteiger partial charge on any atom is -0.507 e. The van der Waals surface area contributed by atoms with Crippen LogP contribution in [0.1, 0.15) is 78.4 Å². The first-order valence-corrected chi connectivity index (χ1v) is 9.19. The molecule has 0 fully saturated rings. The summed E-state index contributed by atoms with van der Waals surface area (Å²) in [6.07, 6.45) is 1.89. The minimum atomic E-state index is -1.12. The zero-order chi connectivity index (χ0) is 19.9. The van der Waals surface area contributed by atoms with Gasteiger partial charge in [0.1, 0.15) is 11.5 Å². The topological polar surface area (TPSA) is 91.0 Å². The Morgan fingerprint density at radius 1 is 1.19 bits per heavy atom. The van der Waals surface area contributed by atoms with E-state index < -0.39 is 17.9 Å². The zero-order valence-corrected chi connectivity index (χ0v) is 16.0. The molecule has 0 aliphatic carbocycles. The van der Waals surface area contributed by atoms with Gasteiger partial charge in [-0.3, -0.25) is 4.79 Å². The number of benzene rings is 1. The normalized spacial score (nSPS) is 16.7. The van der Waals surface area contributed by atoms with Crippen molar-refractivity contribution in [2.75, 3.05) is 6.54 Å². The van der Waals surface area contributed by atoms with Gasteiger partial charge in [-0.1, -0.05) is 33.8 Å². The maximum atomic E-state index is 13.3. The van der Waals surface area contributed by atoms with Crippen molar-refractivity contribution >= 4 is 11.9 Å². The standard InChI is InChI=1S/C21H25NO5/c1-11(2)13-9-15(12(3)4)19(23)16(10-13)20(24)22-7-5-17-14(6-8-27-17)18(22)21(25)26/h6,8-12,18,23H,5,7H2,1-4H3,(H,25,26). The second-order valence-corrected chi connectivity index (χ2v) is 7.60. The summed E-state index contributed by atoms with van der Waals surface area (Å²) in [5.41, 5.74) is 2.28. The average molecular weight is 371 g/mol. The number of hydrogen-bond donors (Lipinski definition) is 2. The number of aromatic hydroxyl groups is 1. The number of carbonyl (C=O) groups excluding carboxylic acids is 1. The summed E-state index contributed by atoms with van der Waals surface area (Å²) >= 11 is 0. The Balaban J connectivity index is 2.09. The van der Waals surface area contributed by atoms with Crippen LogP contribution in [0, 0.1) is 0 Å². The van der Waals surface area contributed by atoms with Gasteiger partial charge in [-0.05, 0) is 35.1 Å². The van der Waals surface area contributed by atoms with Crippen molar-refractivity contribution in [2.24, 2.45) is 0 Å². The SMILES string of the molecule is CC(C)c1cc(C(=O)N2CCc3occc3C2C(=O)O)c(O)c(C(C)C)c1. The highest BCUT2D eigenvalue weighted by Gasteiger charge is 2.39. The number of rotatable bonds is 4. The summed E-state index contributed by atoms with van der Waals surface area (Å²) in [5.74, 6) is -0.861. The first kappa shape index (κ1) is 19.0. The highest BCUT2D eigenvalue weighted by Crippen LogP contribution is 2.37. The smallest absolute Gasteiger partial charge is 0.331 e. The molecule has 6 nitrogen and oxygen atoms in total. The van der Waals surface area contributed by atoms with Crippen molar-refractivity contribution < 1.29 is 24.2 Å². The molecular formula is C21H25NO5. The third kappa shape index (κ3) is 3.31. The molecule has 0 spiro atoms. The molecule has 0 saturated heterocycles. The molecule has 1 aliphatic rings. The van der Waals surface area contributed by atoms with Gasteiger partial charge >= 0.3 is 5.97 Å². The van der Waals surface area contributed by atoms with Gasteiger partial charge in [0.05, 0.1) is 11.8 Å². The third-order valence-corrected chi connectivity index (χ3v) is 5.14. The molecule has 1 amide bonds. The van der Waals surface area contributed by atoms with Crippen LogP contribution < -0.4 is 0 Å². The Morgan fingerprint density at radius 3 is 2.48 bits per heavy atom. The van der Waals surface area contributed by atoms with Crippen LogP contribution in [-0.4, -0.2) is 33.5 Å². The Bertz CT molecular complexity index is 881. The van der Waals surface area contributed by atoms with Crippen LogP contribution in [0.4, 0.5) is 0 Å². The average Bonchev–Trinajstić information content (AvgIpc) is 3.08. The lowest BCUT2D eigenvalue weighted by molar-refractivity contribution is -0.143. The molecule has 27 heavy (non-hydrogen) atoms. The molecule has 0 saturated carbocycles. The number of fused-ring (bicyclic) bond motifs is 1.